The molecule has 0 aliphatic rings. The highest BCUT2D eigenvalue weighted by Crippen LogP contribution is 2.31. The number of aromatic amines is 1. The van der Waals surface area contributed by atoms with Crippen LogP contribution in [0.4, 0.5) is 0 Å². The second-order valence-electron chi connectivity index (χ2n) is 5.15. The minimum Gasteiger partial charge on any atom is -0.492 e. The fourth-order valence-electron chi connectivity index (χ4n) is 2.22. The predicted molar refractivity (Wildman–Crippen MR) is 90.7 cm³/mol. The van der Waals surface area contributed by atoms with Gasteiger partial charge in [0.05, 0.1) is 11.6 Å². The molecule has 6 heteroatoms. The van der Waals surface area contributed by atoms with Crippen LogP contribution in [0.15, 0.2) is 29.1 Å². The summed E-state index contributed by atoms with van der Waals surface area (Å²) in [6.07, 6.45) is 1.78. The second kappa shape index (κ2) is 7.82. The van der Waals surface area contributed by atoms with E-state index in [1.165, 1.54) is 0 Å². The molecule has 2 aromatic rings. The van der Waals surface area contributed by atoms with Gasteiger partial charge in [-0.3, -0.25) is 4.79 Å². The highest BCUT2D eigenvalue weighted by molar-refractivity contribution is 6.32. The van der Waals surface area contributed by atoms with E-state index in [-0.39, 0.29) is 11.1 Å². The van der Waals surface area contributed by atoms with Gasteiger partial charge >= 0.3 is 0 Å². The maximum absolute atomic E-state index is 11.6. The minimum absolute atomic E-state index is 0.0730. The number of ether oxygens (including phenoxy) is 1. The van der Waals surface area contributed by atoms with Gasteiger partial charge in [0.1, 0.15) is 17.4 Å². The third kappa shape index (κ3) is 4.13. The molecule has 0 spiro atoms. The Morgan fingerprint density at radius 1 is 1.35 bits per heavy atom. The smallest absolute Gasteiger partial charge is 0.266 e. The zero-order valence-electron chi connectivity index (χ0n) is 12.9. The Balaban J connectivity index is 2.27. The Hall–Kier alpha value is -2.29. The van der Waals surface area contributed by atoms with E-state index >= 15 is 0 Å². The van der Waals surface area contributed by atoms with Crippen molar-refractivity contribution in [1.82, 2.24) is 4.98 Å². The number of halogens is 1. The molecule has 0 bridgehead atoms. The topological polar surface area (TPSA) is 91.9 Å². The molecule has 1 aromatic carbocycles. The molecule has 120 valence electrons. The number of hydrogen-bond donors (Lipinski definition) is 2. The first-order valence-electron chi connectivity index (χ1n) is 7.33. The molecule has 23 heavy (non-hydrogen) atoms. The zero-order valence-corrected chi connectivity index (χ0v) is 13.6. The maximum atomic E-state index is 11.6. The number of H-pyrrole nitrogens is 1. The van der Waals surface area contributed by atoms with E-state index in [1.807, 2.05) is 12.1 Å². The molecule has 0 aliphatic heterocycles. The number of nitrogens with two attached hydrogens (primary N) is 1. The van der Waals surface area contributed by atoms with Crippen molar-refractivity contribution in [2.24, 2.45) is 5.73 Å². The molecule has 0 fully saturated rings. The highest BCUT2D eigenvalue weighted by atomic mass is 35.5. The van der Waals surface area contributed by atoms with Crippen LogP contribution in [0.2, 0.25) is 5.02 Å². The van der Waals surface area contributed by atoms with Crippen molar-refractivity contribution in [3.05, 3.63) is 50.9 Å². The maximum Gasteiger partial charge on any atom is 0.266 e. The van der Waals surface area contributed by atoms with Crippen LogP contribution in [0.3, 0.4) is 0 Å². The summed E-state index contributed by atoms with van der Waals surface area (Å²) in [5, 5.41) is 9.48. The molecule has 1 aromatic heterocycles. The fourth-order valence-corrected chi connectivity index (χ4v) is 2.46. The lowest BCUT2D eigenvalue weighted by Crippen LogP contribution is -2.11. The van der Waals surface area contributed by atoms with Gasteiger partial charge in [-0.1, -0.05) is 17.7 Å². The minimum atomic E-state index is -0.389. The van der Waals surface area contributed by atoms with Crippen LogP contribution >= 0.6 is 11.6 Å². The standard InChI is InChI=1S/C17H18ClN3O2/c1-11-14(8-13(10-20)17(22)21-11)12-4-5-16(15(18)9-12)23-7-3-2-6-19/h4-5,8-9H,2-3,6-7,19H2,1H3,(H,21,22). The summed E-state index contributed by atoms with van der Waals surface area (Å²) in [5.74, 6) is 0.607. The number of aromatic nitrogens is 1. The number of nitrogens with zero attached hydrogens (tertiary/aromatic N) is 1. The van der Waals surface area contributed by atoms with Crippen molar-refractivity contribution in [3.63, 3.8) is 0 Å². The van der Waals surface area contributed by atoms with E-state index in [2.05, 4.69) is 4.98 Å². The van der Waals surface area contributed by atoms with Crippen molar-refractivity contribution in [2.75, 3.05) is 13.2 Å². The number of nitrogens with one attached hydrogen (secondary N) is 1. The van der Waals surface area contributed by atoms with Crippen LogP contribution in [0.25, 0.3) is 11.1 Å². The summed E-state index contributed by atoms with van der Waals surface area (Å²) in [7, 11) is 0. The van der Waals surface area contributed by atoms with Crippen LogP contribution in [-0.2, 0) is 0 Å². The first-order chi connectivity index (χ1) is 11.1. The van der Waals surface area contributed by atoms with Crippen LogP contribution < -0.4 is 16.0 Å². The summed E-state index contributed by atoms with van der Waals surface area (Å²) >= 11 is 6.26. The van der Waals surface area contributed by atoms with Crippen LogP contribution in [0, 0.1) is 18.3 Å². The normalized spacial score (nSPS) is 10.3. The molecule has 1 heterocycles. The molecule has 3 N–H and O–H groups in total. The molecule has 0 unspecified atom stereocenters. The summed E-state index contributed by atoms with van der Waals surface area (Å²) in [5.41, 5.74) is 7.38. The van der Waals surface area contributed by atoms with E-state index in [9.17, 15) is 4.79 Å². The van der Waals surface area contributed by atoms with E-state index in [4.69, 9.17) is 27.3 Å². The number of pyridine rings is 1. The van der Waals surface area contributed by atoms with Gasteiger partial charge in [-0.25, -0.2) is 0 Å². The van der Waals surface area contributed by atoms with E-state index < -0.39 is 0 Å². The lowest BCUT2D eigenvalue weighted by Gasteiger charge is -2.11. The third-order valence-corrected chi connectivity index (χ3v) is 3.75. The predicted octanol–water partition coefficient (Wildman–Crippen LogP) is 2.99. The van der Waals surface area contributed by atoms with Gasteiger partial charge in [-0.15, -0.1) is 0 Å². The van der Waals surface area contributed by atoms with Crippen molar-refractivity contribution < 1.29 is 4.74 Å². The average molecular weight is 332 g/mol. The second-order valence-corrected chi connectivity index (χ2v) is 5.56. The number of hydrogen-bond acceptors (Lipinski definition) is 4. The van der Waals surface area contributed by atoms with E-state index in [0.717, 1.165) is 24.0 Å². The molecule has 0 amide bonds. The lowest BCUT2D eigenvalue weighted by molar-refractivity contribution is 0.308. The summed E-state index contributed by atoms with van der Waals surface area (Å²) in [6, 6.07) is 8.86. The first kappa shape index (κ1) is 17.1. The van der Waals surface area contributed by atoms with Gasteiger partial charge in [0.2, 0.25) is 0 Å². The van der Waals surface area contributed by atoms with Crippen LogP contribution in [-0.4, -0.2) is 18.1 Å². The largest absolute Gasteiger partial charge is 0.492 e. The summed E-state index contributed by atoms with van der Waals surface area (Å²) in [6.45, 7) is 2.98. The number of aryl methyl sites for hydroxylation is 1. The molecule has 2 rings (SSSR count). The average Bonchev–Trinajstić information content (AvgIpc) is 2.53. The van der Waals surface area contributed by atoms with Gasteiger partial charge in [0.25, 0.3) is 5.56 Å². The van der Waals surface area contributed by atoms with E-state index in [1.54, 1.807) is 25.1 Å². The SMILES string of the molecule is Cc1[nH]c(=O)c(C#N)cc1-c1ccc(OCCCCN)c(Cl)c1. The van der Waals surface area contributed by atoms with Gasteiger partial charge in [0, 0.05) is 11.3 Å². The molecule has 0 radical (unpaired) electrons. The summed E-state index contributed by atoms with van der Waals surface area (Å²) < 4.78 is 5.63. The molecule has 0 aliphatic carbocycles. The number of benzene rings is 1. The Morgan fingerprint density at radius 3 is 2.78 bits per heavy atom. The van der Waals surface area contributed by atoms with Crippen LogP contribution in [0.5, 0.6) is 5.75 Å². The number of rotatable bonds is 6. The van der Waals surface area contributed by atoms with Gasteiger partial charge in [-0.2, -0.15) is 5.26 Å². The Kier molecular flexibility index (Phi) is 5.80. The van der Waals surface area contributed by atoms with Gasteiger partial charge < -0.3 is 15.5 Å². The highest BCUT2D eigenvalue weighted by Gasteiger charge is 2.10. The lowest BCUT2D eigenvalue weighted by atomic mass is 10.0. The quantitative estimate of drug-likeness (QED) is 0.796. The summed E-state index contributed by atoms with van der Waals surface area (Å²) in [4.78, 5) is 14.3. The van der Waals surface area contributed by atoms with E-state index in [0.29, 0.717) is 29.6 Å². The molecule has 0 atom stereocenters. The molecule has 5 nitrogen and oxygen atoms in total. The number of nitriles is 1. The monoisotopic (exact) mass is 331 g/mol. The zero-order chi connectivity index (χ0) is 16.8. The molecular formula is C17H18ClN3O2. The fraction of sp³-hybridized carbons (Fsp3) is 0.294. The Labute approximate surface area is 139 Å². The van der Waals surface area contributed by atoms with Crippen molar-refractivity contribution in [3.8, 4) is 22.9 Å². The van der Waals surface area contributed by atoms with Gasteiger partial charge in [-0.05, 0) is 50.1 Å². The van der Waals surface area contributed by atoms with Crippen molar-refractivity contribution in [1.29, 1.82) is 5.26 Å². The van der Waals surface area contributed by atoms with Crippen molar-refractivity contribution >= 4 is 11.6 Å². The molecule has 0 saturated heterocycles. The number of unbranched alkanes of at least 4 members (excludes halogenated alkanes) is 1. The molecular weight excluding hydrogens is 314 g/mol. The van der Waals surface area contributed by atoms with Gasteiger partial charge in [0.15, 0.2) is 0 Å². The Morgan fingerprint density at radius 2 is 2.13 bits per heavy atom. The first-order valence-corrected chi connectivity index (χ1v) is 7.71. The molecule has 0 saturated carbocycles. The third-order valence-electron chi connectivity index (χ3n) is 3.46. The van der Waals surface area contributed by atoms with Crippen LogP contribution in [0.1, 0.15) is 24.1 Å². The Bertz CT molecular complexity index is 793. The van der Waals surface area contributed by atoms with Crippen molar-refractivity contribution in [2.45, 2.75) is 19.8 Å².